The molecule has 0 saturated carbocycles. The van der Waals surface area contributed by atoms with Crippen LogP contribution in [0.5, 0.6) is 11.5 Å². The average Bonchev–Trinajstić information content (AvgIpc) is 2.67. The second-order valence-electron chi connectivity index (χ2n) is 6.01. The van der Waals surface area contributed by atoms with Gasteiger partial charge >= 0.3 is 5.97 Å². The number of rotatable bonds is 10. The molecule has 0 aliphatic carbocycles. The minimum Gasteiger partial charge on any atom is -0.493 e. The van der Waals surface area contributed by atoms with E-state index in [0.717, 1.165) is 0 Å². The van der Waals surface area contributed by atoms with Crippen LogP contribution in [-0.2, 0) is 19.6 Å². The topological polar surface area (TPSA) is 140 Å². The summed E-state index contributed by atoms with van der Waals surface area (Å²) in [5, 5.41) is 12.0. The molecule has 2 rings (SSSR count). The summed E-state index contributed by atoms with van der Waals surface area (Å²) < 4.78 is 43.3. The van der Waals surface area contributed by atoms with E-state index in [1.165, 1.54) is 57.5 Å². The minimum absolute atomic E-state index is 0.120. The molecule has 1 amide bonds. The molecule has 0 aliphatic heterocycles. The number of anilines is 2. The van der Waals surface area contributed by atoms with Crippen molar-refractivity contribution in [1.29, 1.82) is 0 Å². The van der Waals surface area contributed by atoms with Crippen LogP contribution in [0.15, 0.2) is 41.3 Å². The highest BCUT2D eigenvalue weighted by molar-refractivity contribution is 7.92. The van der Waals surface area contributed by atoms with Gasteiger partial charge in [-0.15, -0.1) is 0 Å². The summed E-state index contributed by atoms with van der Waals surface area (Å²) in [6.07, 6.45) is 0. The Morgan fingerprint density at radius 1 is 1.03 bits per heavy atom. The second kappa shape index (κ2) is 9.94. The fourth-order valence-corrected chi connectivity index (χ4v) is 3.52. The Morgan fingerprint density at radius 3 is 2.23 bits per heavy atom. The molecule has 0 bridgehead atoms. The highest BCUT2D eigenvalue weighted by Crippen LogP contribution is 2.35. The van der Waals surface area contributed by atoms with Crippen LogP contribution in [0.2, 0.25) is 0 Å². The van der Waals surface area contributed by atoms with E-state index < -0.39 is 16.0 Å². The molecule has 10 nitrogen and oxygen atoms in total. The Kier molecular flexibility index (Phi) is 7.61. The maximum absolute atomic E-state index is 12.8. The fraction of sp³-hybridized carbons (Fsp3) is 0.263. The molecule has 30 heavy (non-hydrogen) atoms. The van der Waals surface area contributed by atoms with Gasteiger partial charge in [-0.1, -0.05) is 0 Å². The normalized spacial score (nSPS) is 10.9. The van der Waals surface area contributed by atoms with Gasteiger partial charge in [-0.25, -0.2) is 13.2 Å². The Bertz CT molecular complexity index is 1020. The van der Waals surface area contributed by atoms with E-state index in [4.69, 9.17) is 14.2 Å². The van der Waals surface area contributed by atoms with Crippen LogP contribution >= 0.6 is 0 Å². The first-order valence-corrected chi connectivity index (χ1v) is 10.1. The van der Waals surface area contributed by atoms with Gasteiger partial charge in [-0.2, -0.15) is 0 Å². The Morgan fingerprint density at radius 2 is 1.70 bits per heavy atom. The molecular weight excluding hydrogens is 416 g/mol. The number of hydrogen-bond acceptors (Lipinski definition) is 7. The third-order valence-corrected chi connectivity index (χ3v) is 5.19. The molecule has 0 spiro atoms. The molecule has 0 fully saturated rings. The van der Waals surface area contributed by atoms with Gasteiger partial charge in [0.1, 0.15) is 6.61 Å². The van der Waals surface area contributed by atoms with Crippen molar-refractivity contribution in [3.05, 3.63) is 42.0 Å². The summed E-state index contributed by atoms with van der Waals surface area (Å²) in [5.41, 5.74) is -0.0861. The van der Waals surface area contributed by atoms with Crippen molar-refractivity contribution in [2.24, 2.45) is 0 Å². The van der Waals surface area contributed by atoms with E-state index in [1.54, 1.807) is 0 Å². The van der Waals surface area contributed by atoms with E-state index in [9.17, 15) is 23.1 Å². The number of nitrogens with one attached hydrogen (secondary N) is 2. The van der Waals surface area contributed by atoms with Crippen molar-refractivity contribution in [3.8, 4) is 11.5 Å². The molecule has 11 heteroatoms. The zero-order chi connectivity index (χ0) is 22.3. The van der Waals surface area contributed by atoms with Crippen LogP contribution in [0.25, 0.3) is 0 Å². The van der Waals surface area contributed by atoms with Crippen molar-refractivity contribution in [1.82, 2.24) is 0 Å². The first-order valence-electron chi connectivity index (χ1n) is 8.65. The average molecular weight is 438 g/mol. The summed E-state index contributed by atoms with van der Waals surface area (Å²) in [5.74, 6) is -1.37. The van der Waals surface area contributed by atoms with Crippen molar-refractivity contribution in [2.75, 3.05) is 37.5 Å². The number of sulfonamides is 1. The van der Waals surface area contributed by atoms with Gasteiger partial charge in [0.15, 0.2) is 11.5 Å². The predicted molar refractivity (Wildman–Crippen MR) is 109 cm³/mol. The summed E-state index contributed by atoms with van der Waals surface area (Å²) in [4.78, 5) is 22.6. The van der Waals surface area contributed by atoms with Gasteiger partial charge in [0.05, 0.1) is 29.9 Å². The molecule has 0 heterocycles. The van der Waals surface area contributed by atoms with E-state index in [2.05, 4.69) is 10.0 Å². The van der Waals surface area contributed by atoms with Gasteiger partial charge in [0.2, 0.25) is 5.91 Å². The largest absolute Gasteiger partial charge is 0.493 e. The molecule has 3 N–H and O–H groups in total. The molecule has 2 aromatic rings. The van der Waals surface area contributed by atoms with E-state index in [-0.39, 0.29) is 46.8 Å². The number of benzene rings is 2. The number of carboxylic acid groups (broad SMARTS) is 1. The molecule has 0 atom stereocenters. The monoisotopic (exact) mass is 438 g/mol. The lowest BCUT2D eigenvalue weighted by atomic mass is 10.1. The third-order valence-electron chi connectivity index (χ3n) is 3.81. The highest BCUT2D eigenvalue weighted by Gasteiger charge is 2.22. The maximum atomic E-state index is 12.8. The first kappa shape index (κ1) is 23.0. The quantitative estimate of drug-likeness (QED) is 0.480. The lowest BCUT2D eigenvalue weighted by molar-refractivity contribution is -0.114. The van der Waals surface area contributed by atoms with Crippen molar-refractivity contribution < 1.29 is 37.3 Å². The van der Waals surface area contributed by atoms with Crippen molar-refractivity contribution in [3.63, 3.8) is 0 Å². The smallest absolute Gasteiger partial charge is 0.337 e. The van der Waals surface area contributed by atoms with Gasteiger partial charge in [0.25, 0.3) is 10.0 Å². The van der Waals surface area contributed by atoms with E-state index in [0.29, 0.717) is 5.69 Å². The summed E-state index contributed by atoms with van der Waals surface area (Å²) in [6.45, 7) is 1.75. The van der Waals surface area contributed by atoms with Gasteiger partial charge in [0, 0.05) is 31.9 Å². The van der Waals surface area contributed by atoms with Crippen LogP contribution in [0.4, 0.5) is 11.4 Å². The molecule has 2 aromatic carbocycles. The minimum atomic E-state index is -4.12. The van der Waals surface area contributed by atoms with Crippen LogP contribution < -0.4 is 19.5 Å². The number of amides is 1. The number of hydrogen-bond donors (Lipinski definition) is 3. The SMILES string of the molecule is COCCOc1cc(NS(=O)(=O)c2ccc(NC(C)=O)cc2)c(C(=O)O)cc1OC. The first-order chi connectivity index (χ1) is 14.2. The maximum Gasteiger partial charge on any atom is 0.337 e. The number of carboxylic acids is 1. The van der Waals surface area contributed by atoms with Gasteiger partial charge in [-0.05, 0) is 24.3 Å². The molecule has 162 valence electrons. The number of carbonyl (C=O) groups is 2. The van der Waals surface area contributed by atoms with E-state index >= 15 is 0 Å². The number of carbonyl (C=O) groups excluding carboxylic acids is 1. The lowest BCUT2D eigenvalue weighted by Gasteiger charge is -2.16. The number of ether oxygens (including phenoxy) is 3. The molecule has 0 aliphatic rings. The summed E-state index contributed by atoms with van der Waals surface area (Å²) in [6, 6.07) is 7.81. The van der Waals surface area contributed by atoms with Crippen LogP contribution in [-0.4, -0.2) is 52.8 Å². The van der Waals surface area contributed by atoms with Crippen LogP contribution in [0.3, 0.4) is 0 Å². The lowest BCUT2D eigenvalue weighted by Crippen LogP contribution is -2.16. The molecule has 0 aromatic heterocycles. The zero-order valence-corrected chi connectivity index (χ0v) is 17.4. The van der Waals surface area contributed by atoms with E-state index in [1.807, 2.05) is 0 Å². The molecule has 0 radical (unpaired) electrons. The number of aromatic carboxylic acids is 1. The molecule has 0 saturated heterocycles. The highest BCUT2D eigenvalue weighted by atomic mass is 32.2. The molecular formula is C19H22N2O8S. The van der Waals surface area contributed by atoms with Crippen molar-refractivity contribution in [2.45, 2.75) is 11.8 Å². The third kappa shape index (κ3) is 5.84. The van der Waals surface area contributed by atoms with Crippen LogP contribution in [0.1, 0.15) is 17.3 Å². The Hall–Kier alpha value is -3.31. The van der Waals surface area contributed by atoms with Gasteiger partial charge < -0.3 is 24.6 Å². The Labute approximate surface area is 173 Å². The predicted octanol–water partition coefficient (Wildman–Crippen LogP) is 2.18. The van der Waals surface area contributed by atoms with Gasteiger partial charge in [-0.3, -0.25) is 9.52 Å². The number of methoxy groups -OCH3 is 2. The second-order valence-corrected chi connectivity index (χ2v) is 7.69. The fourth-order valence-electron chi connectivity index (χ4n) is 2.45. The Balaban J connectivity index is 2.39. The summed E-state index contributed by atoms with van der Waals surface area (Å²) in [7, 11) is -1.29. The molecule has 0 unspecified atom stereocenters. The summed E-state index contributed by atoms with van der Waals surface area (Å²) >= 11 is 0. The van der Waals surface area contributed by atoms with Crippen LogP contribution in [0, 0.1) is 0 Å². The standard InChI is InChI=1S/C19H22N2O8S/c1-12(22)20-13-4-6-14(7-5-13)30(25,26)21-16-11-18(29-9-8-27-2)17(28-3)10-15(16)19(23)24/h4-7,10-11,21H,8-9H2,1-3H3,(H,20,22)(H,23,24). The van der Waals surface area contributed by atoms with Crippen molar-refractivity contribution >= 4 is 33.3 Å². The zero-order valence-electron chi connectivity index (χ0n) is 16.6.